The molecule has 0 saturated carbocycles. The molecule has 0 bridgehead atoms. The normalized spacial score (nSPS) is 12.0. The second kappa shape index (κ2) is 8.78. The molecule has 0 atom stereocenters. The fourth-order valence-electron chi connectivity index (χ4n) is 4.45. The Morgan fingerprint density at radius 3 is 1.97 bits per heavy atom. The molecule has 3 aromatic carbocycles. The Kier molecular flexibility index (Phi) is 6.06. The van der Waals surface area contributed by atoms with Crippen LogP contribution < -0.4 is 5.32 Å². The first kappa shape index (κ1) is 22.1. The van der Waals surface area contributed by atoms with Crippen molar-refractivity contribution in [3.8, 4) is 11.3 Å². The van der Waals surface area contributed by atoms with Crippen molar-refractivity contribution in [3.05, 3.63) is 95.7 Å². The second-order valence-electron chi connectivity index (χ2n) is 9.81. The van der Waals surface area contributed by atoms with E-state index >= 15 is 0 Å². The highest BCUT2D eigenvalue weighted by molar-refractivity contribution is 5.95. The van der Waals surface area contributed by atoms with Crippen LogP contribution >= 0.6 is 0 Å². The van der Waals surface area contributed by atoms with Crippen molar-refractivity contribution < 1.29 is 0 Å². The summed E-state index contributed by atoms with van der Waals surface area (Å²) in [6.07, 6.45) is 0. The number of pyridine rings is 1. The average Bonchev–Trinajstić information content (AvgIpc) is 2.78. The lowest BCUT2D eigenvalue weighted by Crippen LogP contribution is -2.30. The lowest BCUT2D eigenvalue weighted by molar-refractivity contribution is 0.584. The molecule has 164 valence electrons. The van der Waals surface area contributed by atoms with Gasteiger partial charge in [0.2, 0.25) is 0 Å². The number of nitrogens with one attached hydrogen (secondary N) is 1. The standard InChI is InChI=1S/C30H34N2/c1-20(2)23-15-10-16-24(21(3)4)29(23)32-30(5,6)28-19-11-18-27(31-28)26-17-9-13-22-12-7-8-14-25(22)26/h7-21,32H,1-6H3. The molecule has 0 saturated heterocycles. The van der Waals surface area contributed by atoms with Gasteiger partial charge in [-0.15, -0.1) is 0 Å². The Labute approximate surface area is 192 Å². The van der Waals surface area contributed by atoms with Crippen molar-refractivity contribution in [1.29, 1.82) is 0 Å². The smallest absolute Gasteiger partial charge is 0.0739 e. The van der Waals surface area contributed by atoms with Gasteiger partial charge in [0, 0.05) is 11.3 Å². The van der Waals surface area contributed by atoms with Crippen molar-refractivity contribution >= 4 is 16.5 Å². The zero-order chi connectivity index (χ0) is 22.9. The highest BCUT2D eigenvalue weighted by Crippen LogP contribution is 2.37. The summed E-state index contributed by atoms with van der Waals surface area (Å²) in [6, 6.07) is 28.0. The van der Waals surface area contributed by atoms with E-state index in [1.807, 2.05) is 0 Å². The third kappa shape index (κ3) is 4.27. The number of anilines is 1. The molecule has 0 aliphatic rings. The minimum atomic E-state index is -0.324. The van der Waals surface area contributed by atoms with Crippen LogP contribution in [0.2, 0.25) is 0 Å². The summed E-state index contributed by atoms with van der Waals surface area (Å²) in [5.41, 5.74) is 6.86. The van der Waals surface area contributed by atoms with Gasteiger partial charge in [-0.3, -0.25) is 4.98 Å². The Hall–Kier alpha value is -3.13. The third-order valence-corrected chi connectivity index (χ3v) is 6.27. The molecule has 32 heavy (non-hydrogen) atoms. The SMILES string of the molecule is CC(C)c1cccc(C(C)C)c1NC(C)(C)c1cccc(-c2cccc3ccccc23)n1. The molecule has 0 amide bonds. The summed E-state index contributed by atoms with van der Waals surface area (Å²) in [5.74, 6) is 0.893. The molecule has 4 rings (SSSR count). The van der Waals surface area contributed by atoms with E-state index in [1.165, 1.54) is 33.2 Å². The molecular formula is C30H34N2. The summed E-state index contributed by atoms with van der Waals surface area (Å²) >= 11 is 0. The molecule has 0 aliphatic heterocycles. The summed E-state index contributed by atoms with van der Waals surface area (Å²) in [4.78, 5) is 5.15. The predicted octanol–water partition coefficient (Wildman–Crippen LogP) is 8.50. The maximum absolute atomic E-state index is 5.15. The number of benzene rings is 3. The fourth-order valence-corrected chi connectivity index (χ4v) is 4.45. The summed E-state index contributed by atoms with van der Waals surface area (Å²) in [6.45, 7) is 13.5. The molecule has 0 unspecified atom stereocenters. The third-order valence-electron chi connectivity index (χ3n) is 6.27. The molecule has 0 aliphatic carbocycles. The van der Waals surface area contributed by atoms with Crippen LogP contribution in [-0.4, -0.2) is 4.98 Å². The van der Waals surface area contributed by atoms with Crippen molar-refractivity contribution in [2.75, 3.05) is 5.32 Å². The number of aromatic nitrogens is 1. The Bertz CT molecular complexity index is 1200. The van der Waals surface area contributed by atoms with Gasteiger partial charge in [-0.25, -0.2) is 0 Å². The van der Waals surface area contributed by atoms with E-state index in [4.69, 9.17) is 4.98 Å². The van der Waals surface area contributed by atoms with Crippen molar-refractivity contribution in [2.24, 2.45) is 0 Å². The van der Waals surface area contributed by atoms with Gasteiger partial charge < -0.3 is 5.32 Å². The van der Waals surface area contributed by atoms with Gasteiger partial charge in [0.15, 0.2) is 0 Å². The first-order valence-electron chi connectivity index (χ1n) is 11.6. The van der Waals surface area contributed by atoms with Gasteiger partial charge in [0.25, 0.3) is 0 Å². The van der Waals surface area contributed by atoms with E-state index in [-0.39, 0.29) is 5.54 Å². The molecule has 1 N–H and O–H groups in total. The molecule has 0 radical (unpaired) electrons. The minimum Gasteiger partial charge on any atom is -0.374 e. The Morgan fingerprint density at radius 2 is 1.28 bits per heavy atom. The Morgan fingerprint density at radius 1 is 0.688 bits per heavy atom. The van der Waals surface area contributed by atoms with Crippen molar-refractivity contribution in [2.45, 2.75) is 58.9 Å². The van der Waals surface area contributed by atoms with Gasteiger partial charge >= 0.3 is 0 Å². The first-order valence-corrected chi connectivity index (χ1v) is 11.6. The average molecular weight is 423 g/mol. The topological polar surface area (TPSA) is 24.9 Å². The number of hydrogen-bond acceptors (Lipinski definition) is 2. The number of nitrogens with zero attached hydrogens (tertiary/aromatic N) is 1. The fraction of sp³-hybridized carbons (Fsp3) is 0.300. The van der Waals surface area contributed by atoms with E-state index in [1.54, 1.807) is 0 Å². The number of para-hydroxylation sites is 1. The lowest BCUT2D eigenvalue weighted by Gasteiger charge is -2.32. The largest absolute Gasteiger partial charge is 0.374 e. The summed E-state index contributed by atoms with van der Waals surface area (Å²) in [7, 11) is 0. The zero-order valence-corrected chi connectivity index (χ0v) is 20.1. The van der Waals surface area contributed by atoms with E-state index < -0.39 is 0 Å². The molecule has 1 aromatic heterocycles. The maximum atomic E-state index is 5.15. The summed E-state index contributed by atoms with van der Waals surface area (Å²) in [5, 5.41) is 6.36. The quantitative estimate of drug-likeness (QED) is 0.337. The molecule has 1 heterocycles. The minimum absolute atomic E-state index is 0.324. The van der Waals surface area contributed by atoms with E-state index in [0.717, 1.165) is 11.4 Å². The van der Waals surface area contributed by atoms with Crippen molar-refractivity contribution in [3.63, 3.8) is 0 Å². The van der Waals surface area contributed by atoms with E-state index in [2.05, 4.69) is 126 Å². The van der Waals surface area contributed by atoms with Crippen LogP contribution in [0, 0.1) is 0 Å². The molecule has 2 nitrogen and oxygen atoms in total. The molecule has 0 fully saturated rings. The highest BCUT2D eigenvalue weighted by Gasteiger charge is 2.26. The highest BCUT2D eigenvalue weighted by atomic mass is 15.0. The monoisotopic (exact) mass is 422 g/mol. The van der Waals surface area contributed by atoms with Crippen LogP contribution in [0.15, 0.2) is 78.9 Å². The van der Waals surface area contributed by atoms with Crippen LogP contribution in [0.1, 0.15) is 70.2 Å². The van der Waals surface area contributed by atoms with Crippen LogP contribution in [0.4, 0.5) is 5.69 Å². The second-order valence-corrected chi connectivity index (χ2v) is 9.81. The van der Waals surface area contributed by atoms with Crippen molar-refractivity contribution in [1.82, 2.24) is 4.98 Å². The molecule has 2 heteroatoms. The van der Waals surface area contributed by atoms with Gasteiger partial charge in [-0.05, 0) is 59.7 Å². The number of rotatable bonds is 6. The van der Waals surface area contributed by atoms with E-state index in [9.17, 15) is 0 Å². The van der Waals surface area contributed by atoms with Crippen LogP contribution in [0.5, 0.6) is 0 Å². The number of hydrogen-bond donors (Lipinski definition) is 1. The van der Waals surface area contributed by atoms with Gasteiger partial charge in [0.1, 0.15) is 0 Å². The van der Waals surface area contributed by atoms with Crippen LogP contribution in [-0.2, 0) is 5.54 Å². The molecular weight excluding hydrogens is 388 g/mol. The predicted molar refractivity (Wildman–Crippen MR) is 138 cm³/mol. The van der Waals surface area contributed by atoms with E-state index in [0.29, 0.717) is 11.8 Å². The van der Waals surface area contributed by atoms with Crippen LogP contribution in [0.25, 0.3) is 22.0 Å². The first-order chi connectivity index (χ1) is 15.3. The van der Waals surface area contributed by atoms with Crippen LogP contribution in [0.3, 0.4) is 0 Å². The lowest BCUT2D eigenvalue weighted by atomic mass is 9.90. The maximum Gasteiger partial charge on any atom is 0.0739 e. The zero-order valence-electron chi connectivity index (χ0n) is 20.1. The van der Waals surface area contributed by atoms with Gasteiger partial charge in [0.05, 0.1) is 16.9 Å². The molecule has 0 spiro atoms. The Balaban J connectivity index is 1.77. The van der Waals surface area contributed by atoms with Gasteiger partial charge in [-0.2, -0.15) is 0 Å². The number of fused-ring (bicyclic) bond motifs is 1. The summed E-state index contributed by atoms with van der Waals surface area (Å²) < 4.78 is 0. The molecule has 4 aromatic rings. The van der Waals surface area contributed by atoms with Gasteiger partial charge in [-0.1, -0.05) is 94.4 Å².